The van der Waals surface area contributed by atoms with E-state index in [1.54, 1.807) is 16.8 Å². The minimum absolute atomic E-state index is 0.146. The monoisotopic (exact) mass is 351 g/mol. The van der Waals surface area contributed by atoms with E-state index in [9.17, 15) is 4.79 Å². The fourth-order valence-corrected chi connectivity index (χ4v) is 2.95. The van der Waals surface area contributed by atoms with E-state index in [0.29, 0.717) is 5.56 Å². The Labute approximate surface area is 158 Å². The van der Waals surface area contributed by atoms with Gasteiger partial charge in [-0.2, -0.15) is 0 Å². The molecule has 1 amide bonds. The molecule has 1 N–H and O–H groups in total. The molecule has 0 aliphatic carbocycles. The van der Waals surface area contributed by atoms with E-state index in [4.69, 9.17) is 0 Å². The Morgan fingerprint density at radius 2 is 1.48 bits per heavy atom. The first-order valence-electron chi connectivity index (χ1n) is 8.83. The van der Waals surface area contributed by atoms with E-state index in [-0.39, 0.29) is 5.91 Å². The number of nitrogens with one attached hydrogen (secondary N) is 1. The third-order valence-electron chi connectivity index (χ3n) is 4.37. The molecule has 3 nitrogen and oxygen atoms in total. The van der Waals surface area contributed by atoms with Crippen LogP contribution in [-0.2, 0) is 0 Å². The van der Waals surface area contributed by atoms with Crippen LogP contribution in [-0.4, -0.2) is 5.91 Å². The molecule has 1 aromatic heterocycles. The molecule has 1 heterocycles. The lowest BCUT2D eigenvalue weighted by molar-refractivity contribution is -0.643. The Morgan fingerprint density at radius 1 is 0.741 bits per heavy atom. The van der Waals surface area contributed by atoms with Crippen molar-refractivity contribution in [3.8, 4) is 0 Å². The van der Waals surface area contributed by atoms with Gasteiger partial charge in [0.15, 0.2) is 0 Å². The third kappa shape index (κ3) is 3.93. The number of carbonyl (C=O) groups is 1. The van der Waals surface area contributed by atoms with Gasteiger partial charge >= 0.3 is 5.91 Å². The first-order chi connectivity index (χ1) is 13.3. The van der Waals surface area contributed by atoms with Crippen molar-refractivity contribution < 1.29 is 9.47 Å². The Morgan fingerprint density at radius 3 is 2.33 bits per heavy atom. The Balaban J connectivity index is 1.58. The van der Waals surface area contributed by atoms with Crippen LogP contribution in [0, 0.1) is 0 Å². The highest BCUT2D eigenvalue weighted by molar-refractivity contribution is 5.98. The number of rotatable bonds is 4. The molecule has 0 unspecified atom stereocenters. The summed E-state index contributed by atoms with van der Waals surface area (Å²) in [7, 11) is 0. The van der Waals surface area contributed by atoms with Crippen LogP contribution in [0.25, 0.3) is 22.9 Å². The topological polar surface area (TPSA) is 33.0 Å². The summed E-state index contributed by atoms with van der Waals surface area (Å²) in [6.07, 6.45) is 5.88. The Kier molecular flexibility index (Phi) is 4.75. The summed E-state index contributed by atoms with van der Waals surface area (Å²) < 4.78 is 1.73. The summed E-state index contributed by atoms with van der Waals surface area (Å²) in [5, 5.41) is 2.43. The summed E-state index contributed by atoms with van der Waals surface area (Å²) in [4.78, 5) is 12.4. The zero-order valence-corrected chi connectivity index (χ0v) is 14.7. The van der Waals surface area contributed by atoms with Crippen molar-refractivity contribution in [3.63, 3.8) is 0 Å². The highest BCUT2D eigenvalue weighted by Crippen LogP contribution is 2.17. The molecule has 0 saturated carbocycles. The molecule has 0 spiro atoms. The second-order valence-electron chi connectivity index (χ2n) is 6.24. The third-order valence-corrected chi connectivity index (χ3v) is 4.37. The molecular weight excluding hydrogens is 332 g/mol. The predicted octanol–water partition coefficient (Wildman–Crippen LogP) is 4.68. The van der Waals surface area contributed by atoms with Crippen LogP contribution in [0.2, 0.25) is 0 Å². The van der Waals surface area contributed by atoms with Crippen molar-refractivity contribution in [1.82, 2.24) is 0 Å². The normalized spacial score (nSPS) is 11.0. The molecule has 4 aromatic rings. The standard InChI is InChI=1S/C24H18N2O/c27-24(21-9-2-1-3-10-21)25-26-17-7-6-12-23(26)16-14-19-13-15-20-8-4-5-11-22(20)18-19/h1-18H/p+1/b16-14+. The maximum absolute atomic E-state index is 12.4. The maximum Gasteiger partial charge on any atom is 0.305 e. The van der Waals surface area contributed by atoms with Gasteiger partial charge in [0.2, 0.25) is 11.9 Å². The molecule has 0 aliphatic heterocycles. The number of fused-ring (bicyclic) bond motifs is 1. The van der Waals surface area contributed by atoms with Crippen molar-refractivity contribution in [1.29, 1.82) is 0 Å². The summed E-state index contributed by atoms with van der Waals surface area (Å²) in [6, 6.07) is 29.6. The zero-order valence-electron chi connectivity index (χ0n) is 14.7. The maximum atomic E-state index is 12.4. The molecule has 130 valence electrons. The number of nitrogens with zero attached hydrogens (tertiary/aromatic N) is 1. The summed E-state index contributed by atoms with van der Waals surface area (Å²) >= 11 is 0. The van der Waals surface area contributed by atoms with Gasteiger partial charge in [0.25, 0.3) is 0 Å². The average molecular weight is 351 g/mol. The molecule has 0 radical (unpaired) electrons. The molecule has 3 heteroatoms. The minimum atomic E-state index is -0.146. The van der Waals surface area contributed by atoms with Gasteiger partial charge in [-0.1, -0.05) is 59.3 Å². The first kappa shape index (κ1) is 16.7. The van der Waals surface area contributed by atoms with Gasteiger partial charge in [0, 0.05) is 23.8 Å². The molecule has 0 saturated heterocycles. The number of carbonyl (C=O) groups excluding carboxylic acids is 1. The van der Waals surface area contributed by atoms with Crippen LogP contribution in [0.3, 0.4) is 0 Å². The van der Waals surface area contributed by atoms with Crippen molar-refractivity contribution in [2.45, 2.75) is 0 Å². The predicted molar refractivity (Wildman–Crippen MR) is 110 cm³/mol. The molecule has 27 heavy (non-hydrogen) atoms. The SMILES string of the molecule is O=C(N[n+]1ccccc1/C=C/c1ccc2ccccc2c1)c1ccccc1. The van der Waals surface area contributed by atoms with Crippen LogP contribution in [0.1, 0.15) is 21.6 Å². The number of aromatic nitrogens is 1. The van der Waals surface area contributed by atoms with E-state index < -0.39 is 0 Å². The molecule has 4 rings (SSSR count). The number of benzene rings is 3. The van der Waals surface area contributed by atoms with Crippen molar-refractivity contribution in [3.05, 3.63) is 114 Å². The molecule has 0 aliphatic rings. The van der Waals surface area contributed by atoms with Crippen LogP contribution < -0.4 is 10.1 Å². The van der Waals surface area contributed by atoms with E-state index in [2.05, 4.69) is 35.8 Å². The summed E-state index contributed by atoms with van der Waals surface area (Å²) in [5.41, 5.74) is 5.54. The Bertz CT molecular complexity index is 1120. The first-order valence-corrected chi connectivity index (χ1v) is 8.83. The minimum Gasteiger partial charge on any atom is -0.264 e. The van der Waals surface area contributed by atoms with Gasteiger partial charge in [-0.3, -0.25) is 4.79 Å². The molecule has 0 atom stereocenters. The van der Waals surface area contributed by atoms with Gasteiger partial charge < -0.3 is 0 Å². The second-order valence-corrected chi connectivity index (χ2v) is 6.24. The van der Waals surface area contributed by atoms with Crippen LogP contribution in [0.4, 0.5) is 0 Å². The van der Waals surface area contributed by atoms with Gasteiger partial charge in [-0.25, -0.2) is 0 Å². The van der Waals surface area contributed by atoms with Crippen LogP contribution in [0.5, 0.6) is 0 Å². The fourth-order valence-electron chi connectivity index (χ4n) is 2.95. The number of pyridine rings is 1. The molecule has 0 bridgehead atoms. The number of hydrogen-bond acceptors (Lipinski definition) is 1. The summed E-state index contributed by atoms with van der Waals surface area (Å²) in [5.74, 6) is -0.146. The van der Waals surface area contributed by atoms with Crippen LogP contribution in [0.15, 0.2) is 97.2 Å². The smallest absolute Gasteiger partial charge is 0.264 e. The lowest BCUT2D eigenvalue weighted by Crippen LogP contribution is -2.50. The Hall–Kier alpha value is -3.72. The number of amides is 1. The van der Waals surface area contributed by atoms with E-state index in [1.807, 2.05) is 66.9 Å². The van der Waals surface area contributed by atoms with Gasteiger partial charge in [-0.05, 0) is 46.7 Å². The van der Waals surface area contributed by atoms with Gasteiger partial charge in [0.05, 0.1) is 0 Å². The van der Waals surface area contributed by atoms with Crippen molar-refractivity contribution >= 4 is 28.8 Å². The largest absolute Gasteiger partial charge is 0.305 e. The average Bonchev–Trinajstić information content (AvgIpc) is 2.73. The summed E-state index contributed by atoms with van der Waals surface area (Å²) in [6.45, 7) is 0. The zero-order chi connectivity index (χ0) is 18.5. The van der Waals surface area contributed by atoms with Crippen molar-refractivity contribution in [2.75, 3.05) is 5.43 Å². The van der Waals surface area contributed by atoms with Crippen LogP contribution >= 0.6 is 0 Å². The second kappa shape index (κ2) is 7.67. The molecular formula is C24H19N2O+. The quantitative estimate of drug-likeness (QED) is 0.532. The van der Waals surface area contributed by atoms with Gasteiger partial charge in [0.1, 0.15) is 0 Å². The lowest BCUT2D eigenvalue weighted by atomic mass is 10.1. The molecule has 0 fully saturated rings. The van der Waals surface area contributed by atoms with Gasteiger partial charge in [-0.15, -0.1) is 5.43 Å². The highest BCUT2D eigenvalue weighted by atomic mass is 16.2. The number of hydrogen-bond donors (Lipinski definition) is 1. The van der Waals surface area contributed by atoms with E-state index in [0.717, 1.165) is 11.3 Å². The lowest BCUT2D eigenvalue weighted by Gasteiger charge is -2.02. The van der Waals surface area contributed by atoms with Crippen molar-refractivity contribution in [2.24, 2.45) is 0 Å². The molecule has 3 aromatic carbocycles. The highest BCUT2D eigenvalue weighted by Gasteiger charge is 2.13. The van der Waals surface area contributed by atoms with E-state index in [1.165, 1.54) is 10.8 Å². The van der Waals surface area contributed by atoms with E-state index >= 15 is 0 Å². The fraction of sp³-hybridized carbons (Fsp3) is 0.